The Morgan fingerprint density at radius 1 is 1.14 bits per heavy atom. The highest BCUT2D eigenvalue weighted by Crippen LogP contribution is 2.28. The number of primary amides is 1. The molecule has 2 amide bonds. The lowest BCUT2D eigenvalue weighted by molar-refractivity contribution is -0.119. The molecular weight excluding hydrogens is 372 g/mol. The Morgan fingerprint density at radius 2 is 1.93 bits per heavy atom. The maximum Gasteiger partial charge on any atom is 0.255 e. The molecule has 0 aliphatic carbocycles. The highest BCUT2D eigenvalue weighted by molar-refractivity contribution is 5.94. The number of nitrogens with two attached hydrogens (primary N) is 1. The summed E-state index contributed by atoms with van der Waals surface area (Å²) in [5.41, 5.74) is 7.62. The van der Waals surface area contributed by atoms with E-state index in [1.54, 1.807) is 30.7 Å². The van der Waals surface area contributed by atoms with E-state index in [1.165, 1.54) is 7.11 Å². The molecule has 0 aliphatic rings. The van der Waals surface area contributed by atoms with Crippen LogP contribution >= 0.6 is 0 Å². The second-order valence-corrected chi connectivity index (χ2v) is 6.31. The maximum atomic E-state index is 12.6. The highest BCUT2D eigenvalue weighted by atomic mass is 16.5. The van der Waals surface area contributed by atoms with Crippen molar-refractivity contribution in [1.82, 2.24) is 14.9 Å². The summed E-state index contributed by atoms with van der Waals surface area (Å²) in [6.45, 7) is 0.785. The Labute approximate surface area is 168 Å². The molecule has 2 aromatic carbocycles. The van der Waals surface area contributed by atoms with Crippen molar-refractivity contribution in [3.8, 4) is 11.5 Å². The summed E-state index contributed by atoms with van der Waals surface area (Å²) >= 11 is 0. The first-order chi connectivity index (χ1) is 14.1. The van der Waals surface area contributed by atoms with Crippen molar-refractivity contribution in [3.05, 3.63) is 77.9 Å². The Kier molecular flexibility index (Phi) is 6.47. The van der Waals surface area contributed by atoms with Crippen LogP contribution in [0.5, 0.6) is 11.5 Å². The average Bonchev–Trinajstić information content (AvgIpc) is 3.24. The van der Waals surface area contributed by atoms with Gasteiger partial charge in [-0.1, -0.05) is 24.3 Å². The maximum absolute atomic E-state index is 12.6. The van der Waals surface area contributed by atoms with Gasteiger partial charge in [-0.15, -0.1) is 0 Å². The van der Waals surface area contributed by atoms with Gasteiger partial charge < -0.3 is 25.1 Å². The van der Waals surface area contributed by atoms with E-state index < -0.39 is 5.91 Å². The number of methoxy groups -OCH3 is 1. The van der Waals surface area contributed by atoms with Crippen molar-refractivity contribution in [1.29, 1.82) is 0 Å². The van der Waals surface area contributed by atoms with Crippen LogP contribution in [0, 0.1) is 0 Å². The van der Waals surface area contributed by atoms with E-state index in [9.17, 15) is 9.59 Å². The lowest BCUT2D eigenvalue weighted by Gasteiger charge is -2.13. The zero-order valence-corrected chi connectivity index (χ0v) is 16.0. The summed E-state index contributed by atoms with van der Waals surface area (Å²) in [4.78, 5) is 27.5. The minimum absolute atomic E-state index is 0.248. The third-order valence-electron chi connectivity index (χ3n) is 4.27. The Hall–Kier alpha value is -3.81. The van der Waals surface area contributed by atoms with E-state index in [4.69, 9.17) is 15.2 Å². The minimum Gasteiger partial charge on any atom is -0.493 e. The Bertz CT molecular complexity index is 986. The predicted octanol–water partition coefficient (Wildman–Crippen LogP) is 1.73. The summed E-state index contributed by atoms with van der Waals surface area (Å²) < 4.78 is 12.5. The molecule has 0 saturated heterocycles. The van der Waals surface area contributed by atoms with Gasteiger partial charge in [-0.25, -0.2) is 4.98 Å². The van der Waals surface area contributed by atoms with Crippen molar-refractivity contribution < 1.29 is 19.1 Å². The van der Waals surface area contributed by atoms with Crippen LogP contribution in [0.1, 0.15) is 21.5 Å². The predicted molar refractivity (Wildman–Crippen MR) is 107 cm³/mol. The molecule has 8 nitrogen and oxygen atoms in total. The topological polar surface area (TPSA) is 108 Å². The molecule has 1 aromatic heterocycles. The molecule has 150 valence electrons. The van der Waals surface area contributed by atoms with Gasteiger partial charge in [-0.2, -0.15) is 0 Å². The van der Waals surface area contributed by atoms with E-state index in [0.717, 1.165) is 11.1 Å². The Balaban J connectivity index is 1.67. The number of carbonyl (C=O) groups is 2. The second-order valence-electron chi connectivity index (χ2n) is 6.31. The van der Waals surface area contributed by atoms with Gasteiger partial charge in [0.15, 0.2) is 18.1 Å². The summed E-state index contributed by atoms with van der Waals surface area (Å²) in [5.74, 6) is -0.154. The summed E-state index contributed by atoms with van der Waals surface area (Å²) in [6, 6.07) is 12.6. The van der Waals surface area contributed by atoms with Gasteiger partial charge in [0.1, 0.15) is 0 Å². The number of nitrogens with one attached hydrogen (secondary N) is 1. The molecule has 0 bridgehead atoms. The molecule has 0 atom stereocenters. The smallest absolute Gasteiger partial charge is 0.255 e. The number of imidazole rings is 1. The first kappa shape index (κ1) is 19.9. The van der Waals surface area contributed by atoms with Crippen LogP contribution in [0.15, 0.2) is 61.2 Å². The van der Waals surface area contributed by atoms with Crippen LogP contribution < -0.4 is 20.5 Å². The largest absolute Gasteiger partial charge is 0.493 e. The fourth-order valence-electron chi connectivity index (χ4n) is 2.82. The van der Waals surface area contributed by atoms with Crippen LogP contribution in [0.4, 0.5) is 0 Å². The quantitative estimate of drug-likeness (QED) is 0.575. The zero-order chi connectivity index (χ0) is 20.6. The minimum atomic E-state index is -0.594. The van der Waals surface area contributed by atoms with Gasteiger partial charge in [0.2, 0.25) is 0 Å². The van der Waals surface area contributed by atoms with Gasteiger partial charge in [0, 0.05) is 31.0 Å². The number of hydrogen-bond donors (Lipinski definition) is 2. The molecule has 0 aliphatic heterocycles. The number of aromatic nitrogens is 2. The molecule has 0 radical (unpaired) electrons. The monoisotopic (exact) mass is 394 g/mol. The lowest BCUT2D eigenvalue weighted by atomic mass is 10.1. The van der Waals surface area contributed by atoms with Crippen LogP contribution in [-0.4, -0.2) is 35.1 Å². The summed E-state index contributed by atoms with van der Waals surface area (Å²) in [7, 11) is 1.46. The van der Waals surface area contributed by atoms with Crippen molar-refractivity contribution in [3.63, 3.8) is 0 Å². The molecule has 29 heavy (non-hydrogen) atoms. The molecule has 0 saturated carbocycles. The molecule has 8 heteroatoms. The van der Waals surface area contributed by atoms with E-state index >= 15 is 0 Å². The van der Waals surface area contributed by atoms with Crippen molar-refractivity contribution in [2.45, 2.75) is 13.1 Å². The highest BCUT2D eigenvalue weighted by Gasteiger charge is 2.12. The van der Waals surface area contributed by atoms with E-state index in [1.807, 2.05) is 35.0 Å². The molecule has 3 rings (SSSR count). The van der Waals surface area contributed by atoms with E-state index in [2.05, 4.69) is 10.3 Å². The van der Waals surface area contributed by atoms with Crippen LogP contribution in [0.2, 0.25) is 0 Å². The van der Waals surface area contributed by atoms with Crippen molar-refractivity contribution in [2.24, 2.45) is 5.73 Å². The number of amides is 2. The van der Waals surface area contributed by atoms with Crippen molar-refractivity contribution >= 4 is 11.8 Å². The number of rotatable bonds is 9. The van der Waals surface area contributed by atoms with E-state index in [-0.39, 0.29) is 12.5 Å². The molecule has 3 N–H and O–H groups in total. The first-order valence-corrected chi connectivity index (χ1v) is 8.96. The number of hydrogen-bond acceptors (Lipinski definition) is 5. The number of carbonyl (C=O) groups excluding carboxylic acids is 2. The van der Waals surface area contributed by atoms with Gasteiger partial charge in [-0.3, -0.25) is 9.59 Å². The Morgan fingerprint density at radius 3 is 2.62 bits per heavy atom. The third-order valence-corrected chi connectivity index (χ3v) is 4.27. The zero-order valence-electron chi connectivity index (χ0n) is 16.0. The number of nitrogens with zero attached hydrogens (tertiary/aromatic N) is 2. The fraction of sp³-hybridized carbons (Fsp3) is 0.190. The molecular formula is C21H22N4O4. The third kappa shape index (κ3) is 5.35. The van der Waals surface area contributed by atoms with E-state index in [0.29, 0.717) is 30.2 Å². The summed E-state index contributed by atoms with van der Waals surface area (Å²) in [5, 5.41) is 2.92. The molecule has 0 spiro atoms. The van der Waals surface area contributed by atoms with Crippen LogP contribution in [-0.2, 0) is 17.9 Å². The first-order valence-electron chi connectivity index (χ1n) is 8.96. The molecule has 1 heterocycles. The van der Waals surface area contributed by atoms with Crippen LogP contribution in [0.3, 0.4) is 0 Å². The van der Waals surface area contributed by atoms with Gasteiger partial charge in [0.05, 0.1) is 13.4 Å². The lowest BCUT2D eigenvalue weighted by Crippen LogP contribution is -2.24. The molecule has 3 aromatic rings. The van der Waals surface area contributed by atoms with Gasteiger partial charge >= 0.3 is 0 Å². The SMILES string of the molecule is COc1cc(C(=O)NCc2ccccc2Cn2ccnc2)ccc1OCC(N)=O. The van der Waals surface area contributed by atoms with Gasteiger partial charge in [0.25, 0.3) is 11.8 Å². The molecule has 0 unspecified atom stereocenters. The number of benzene rings is 2. The standard InChI is InChI=1S/C21H22N4O4/c1-28-19-10-15(6-7-18(19)29-13-20(22)26)21(27)24-11-16-4-2-3-5-17(16)12-25-9-8-23-14-25/h2-10,14H,11-13H2,1H3,(H2,22,26)(H,24,27). The molecule has 0 fully saturated rings. The van der Waals surface area contributed by atoms with Crippen molar-refractivity contribution in [2.75, 3.05) is 13.7 Å². The second kappa shape index (κ2) is 9.41. The summed E-state index contributed by atoms with van der Waals surface area (Å²) in [6.07, 6.45) is 5.38. The van der Waals surface area contributed by atoms with Crippen LogP contribution in [0.25, 0.3) is 0 Å². The average molecular weight is 394 g/mol. The fourth-order valence-corrected chi connectivity index (χ4v) is 2.82. The van der Waals surface area contributed by atoms with Gasteiger partial charge in [-0.05, 0) is 29.3 Å². The normalized spacial score (nSPS) is 10.4. The number of ether oxygens (including phenoxy) is 2.